The SMILES string of the molecule is O=C([O-])c1ccc(CCCO)c(C23CC4CC(CC(C4)C2)C3)c1. The molecule has 3 nitrogen and oxygen atoms in total. The van der Waals surface area contributed by atoms with Crippen LogP contribution in [-0.2, 0) is 11.8 Å². The van der Waals surface area contributed by atoms with Gasteiger partial charge in [-0.25, -0.2) is 0 Å². The Kier molecular flexibility index (Phi) is 3.72. The summed E-state index contributed by atoms with van der Waals surface area (Å²) in [5, 5.41) is 20.5. The molecule has 0 heterocycles. The van der Waals surface area contributed by atoms with Gasteiger partial charge in [0.15, 0.2) is 0 Å². The zero-order valence-electron chi connectivity index (χ0n) is 13.6. The van der Waals surface area contributed by atoms with Crippen LogP contribution in [0.5, 0.6) is 0 Å². The highest BCUT2D eigenvalue weighted by atomic mass is 16.4. The van der Waals surface area contributed by atoms with Gasteiger partial charge in [0.1, 0.15) is 0 Å². The van der Waals surface area contributed by atoms with Crippen LogP contribution in [0.3, 0.4) is 0 Å². The number of aliphatic hydroxyl groups excluding tert-OH is 1. The third-order valence-corrected chi connectivity index (χ3v) is 6.56. The first-order valence-electron chi connectivity index (χ1n) is 9.05. The molecule has 4 aliphatic rings. The van der Waals surface area contributed by atoms with E-state index in [1.807, 2.05) is 12.1 Å². The zero-order valence-corrected chi connectivity index (χ0v) is 13.6. The van der Waals surface area contributed by atoms with Crippen molar-refractivity contribution in [2.75, 3.05) is 6.61 Å². The van der Waals surface area contributed by atoms with Gasteiger partial charge in [-0.05, 0) is 97.3 Å². The molecule has 4 fully saturated rings. The van der Waals surface area contributed by atoms with Crippen molar-refractivity contribution in [3.63, 3.8) is 0 Å². The molecule has 124 valence electrons. The fourth-order valence-corrected chi connectivity index (χ4v) is 6.13. The van der Waals surface area contributed by atoms with E-state index >= 15 is 0 Å². The lowest BCUT2D eigenvalue weighted by molar-refractivity contribution is -0.255. The van der Waals surface area contributed by atoms with Crippen molar-refractivity contribution in [2.24, 2.45) is 17.8 Å². The minimum atomic E-state index is -1.08. The third kappa shape index (κ3) is 2.59. The number of aromatic carboxylic acids is 1. The zero-order chi connectivity index (χ0) is 16.0. The summed E-state index contributed by atoms with van der Waals surface area (Å²) in [5.74, 6) is 1.42. The minimum absolute atomic E-state index is 0.183. The fourth-order valence-electron chi connectivity index (χ4n) is 6.13. The lowest BCUT2D eigenvalue weighted by Crippen LogP contribution is -2.49. The number of aryl methyl sites for hydroxylation is 1. The first-order valence-corrected chi connectivity index (χ1v) is 9.05. The number of carboxylic acid groups (broad SMARTS) is 1. The van der Waals surface area contributed by atoms with E-state index in [4.69, 9.17) is 0 Å². The molecule has 0 spiro atoms. The van der Waals surface area contributed by atoms with Crippen molar-refractivity contribution in [3.05, 3.63) is 34.9 Å². The Bertz CT molecular complexity index is 584. The molecule has 3 heteroatoms. The van der Waals surface area contributed by atoms with E-state index in [1.54, 1.807) is 6.07 Å². The maximum Gasteiger partial charge on any atom is 0.0715 e. The smallest absolute Gasteiger partial charge is 0.0715 e. The summed E-state index contributed by atoms with van der Waals surface area (Å²) in [6.45, 7) is 0.183. The normalized spacial score (nSPS) is 34.7. The van der Waals surface area contributed by atoms with Crippen LogP contribution in [0.4, 0.5) is 0 Å². The maximum absolute atomic E-state index is 11.4. The van der Waals surface area contributed by atoms with Crippen LogP contribution in [0.1, 0.15) is 66.4 Å². The van der Waals surface area contributed by atoms with Crippen LogP contribution in [-0.4, -0.2) is 17.7 Å². The molecule has 1 N–H and O–H groups in total. The van der Waals surface area contributed by atoms with Gasteiger partial charge in [0.2, 0.25) is 0 Å². The van der Waals surface area contributed by atoms with Crippen molar-refractivity contribution in [2.45, 2.75) is 56.8 Å². The van der Waals surface area contributed by atoms with Gasteiger partial charge >= 0.3 is 0 Å². The first-order chi connectivity index (χ1) is 11.1. The van der Waals surface area contributed by atoms with E-state index in [9.17, 15) is 15.0 Å². The molecule has 0 aromatic heterocycles. The molecular weight excluding hydrogens is 288 g/mol. The number of carbonyl (C=O) groups is 1. The highest BCUT2D eigenvalue weighted by molar-refractivity contribution is 5.86. The Morgan fingerprint density at radius 1 is 1.13 bits per heavy atom. The fraction of sp³-hybridized carbons (Fsp3) is 0.650. The van der Waals surface area contributed by atoms with Crippen LogP contribution < -0.4 is 5.11 Å². The van der Waals surface area contributed by atoms with Gasteiger partial charge in [0, 0.05) is 6.61 Å². The Balaban J connectivity index is 1.76. The highest BCUT2D eigenvalue weighted by Gasteiger charge is 2.52. The molecule has 0 amide bonds. The summed E-state index contributed by atoms with van der Waals surface area (Å²) in [6.07, 6.45) is 9.39. The summed E-state index contributed by atoms with van der Waals surface area (Å²) in [5.41, 5.74) is 2.99. The predicted molar refractivity (Wildman–Crippen MR) is 86.0 cm³/mol. The molecule has 23 heavy (non-hydrogen) atoms. The lowest BCUT2D eigenvalue weighted by atomic mass is 9.47. The van der Waals surface area contributed by atoms with Crippen LogP contribution in [0.25, 0.3) is 0 Å². The van der Waals surface area contributed by atoms with Gasteiger partial charge in [-0.1, -0.05) is 12.1 Å². The number of carboxylic acids is 1. The summed E-state index contributed by atoms with van der Waals surface area (Å²) >= 11 is 0. The van der Waals surface area contributed by atoms with Gasteiger partial charge in [-0.3, -0.25) is 0 Å². The number of aliphatic hydroxyl groups is 1. The van der Waals surface area contributed by atoms with Crippen molar-refractivity contribution >= 4 is 5.97 Å². The van der Waals surface area contributed by atoms with E-state index in [2.05, 4.69) is 0 Å². The molecule has 4 bridgehead atoms. The molecule has 1 aromatic rings. The highest BCUT2D eigenvalue weighted by Crippen LogP contribution is 2.61. The topological polar surface area (TPSA) is 60.4 Å². The van der Waals surface area contributed by atoms with Gasteiger partial charge in [-0.15, -0.1) is 0 Å². The quantitative estimate of drug-likeness (QED) is 0.908. The average Bonchev–Trinajstić information content (AvgIpc) is 2.51. The molecule has 0 saturated heterocycles. The van der Waals surface area contributed by atoms with Gasteiger partial charge in [0.05, 0.1) is 5.97 Å². The second kappa shape index (κ2) is 5.62. The number of hydrogen-bond donors (Lipinski definition) is 1. The monoisotopic (exact) mass is 313 g/mol. The number of rotatable bonds is 5. The van der Waals surface area contributed by atoms with E-state index in [0.717, 1.165) is 30.6 Å². The molecule has 0 aliphatic heterocycles. The summed E-state index contributed by atoms with van der Waals surface area (Å²) in [6, 6.07) is 5.54. The van der Waals surface area contributed by atoms with Crippen LogP contribution >= 0.6 is 0 Å². The molecule has 4 saturated carbocycles. The second-order valence-corrected chi connectivity index (χ2v) is 8.18. The van der Waals surface area contributed by atoms with Gasteiger partial charge < -0.3 is 15.0 Å². The molecule has 0 atom stereocenters. The van der Waals surface area contributed by atoms with E-state index in [0.29, 0.717) is 5.56 Å². The molecule has 5 rings (SSSR count). The average molecular weight is 313 g/mol. The summed E-state index contributed by atoms with van der Waals surface area (Å²) in [7, 11) is 0. The Labute approximate surface area is 137 Å². The molecule has 4 aliphatic carbocycles. The number of benzene rings is 1. The predicted octanol–water partition coefficient (Wildman–Crippen LogP) is 2.44. The van der Waals surface area contributed by atoms with Crippen molar-refractivity contribution in [1.29, 1.82) is 0 Å². The summed E-state index contributed by atoms with van der Waals surface area (Å²) < 4.78 is 0. The standard InChI is InChI=1S/C20H26O3/c21-5-1-2-16-3-4-17(19(22)23)9-18(16)20-10-13-6-14(11-20)8-15(7-13)12-20/h3-4,9,13-15,21H,1-2,5-8,10-12H2,(H,22,23)/p-1. The van der Waals surface area contributed by atoms with Crippen molar-refractivity contribution in [3.8, 4) is 0 Å². The lowest BCUT2D eigenvalue weighted by Gasteiger charge is -2.57. The van der Waals surface area contributed by atoms with E-state index in [1.165, 1.54) is 49.7 Å². The maximum atomic E-state index is 11.4. The van der Waals surface area contributed by atoms with E-state index in [-0.39, 0.29) is 12.0 Å². The van der Waals surface area contributed by atoms with E-state index < -0.39 is 5.97 Å². The first kappa shape index (κ1) is 15.2. The molecule has 0 radical (unpaired) electrons. The third-order valence-electron chi connectivity index (χ3n) is 6.56. The van der Waals surface area contributed by atoms with Crippen molar-refractivity contribution < 1.29 is 15.0 Å². The van der Waals surface area contributed by atoms with Gasteiger partial charge in [-0.2, -0.15) is 0 Å². The Morgan fingerprint density at radius 3 is 2.26 bits per heavy atom. The number of hydrogen-bond acceptors (Lipinski definition) is 3. The largest absolute Gasteiger partial charge is 0.545 e. The Morgan fingerprint density at radius 2 is 1.74 bits per heavy atom. The minimum Gasteiger partial charge on any atom is -0.545 e. The number of carbonyl (C=O) groups excluding carboxylic acids is 1. The Hall–Kier alpha value is -1.35. The molecule has 0 unspecified atom stereocenters. The molecule has 1 aromatic carbocycles. The van der Waals surface area contributed by atoms with Crippen LogP contribution in [0, 0.1) is 17.8 Å². The van der Waals surface area contributed by atoms with Crippen LogP contribution in [0.2, 0.25) is 0 Å². The van der Waals surface area contributed by atoms with Gasteiger partial charge in [0.25, 0.3) is 0 Å². The second-order valence-electron chi connectivity index (χ2n) is 8.18. The van der Waals surface area contributed by atoms with Crippen molar-refractivity contribution in [1.82, 2.24) is 0 Å². The molecular formula is C20H25O3-. The van der Waals surface area contributed by atoms with Crippen LogP contribution in [0.15, 0.2) is 18.2 Å². The summed E-state index contributed by atoms with van der Waals surface area (Å²) in [4.78, 5) is 11.4.